The molecule has 6 heteroatoms. The summed E-state index contributed by atoms with van der Waals surface area (Å²) in [4.78, 5) is 20.3. The first-order valence-corrected chi connectivity index (χ1v) is 12.1. The van der Waals surface area contributed by atoms with Crippen molar-refractivity contribution in [2.24, 2.45) is 5.92 Å². The van der Waals surface area contributed by atoms with Crippen LogP contribution in [0.1, 0.15) is 50.4 Å². The molecule has 0 bridgehead atoms. The molecule has 4 nitrogen and oxygen atoms in total. The molecule has 1 amide bonds. The van der Waals surface area contributed by atoms with Crippen LogP contribution in [0.3, 0.4) is 0 Å². The van der Waals surface area contributed by atoms with Crippen molar-refractivity contribution < 1.29 is 4.79 Å². The number of likely N-dealkylation sites (tertiary alicyclic amines) is 1. The number of nitrogens with zero attached hydrogens (tertiary/aromatic N) is 2. The predicted molar refractivity (Wildman–Crippen MR) is 133 cm³/mol. The molecule has 1 unspecified atom stereocenters. The molecule has 168 valence electrons. The summed E-state index contributed by atoms with van der Waals surface area (Å²) in [5, 5.41) is 3.09. The number of fused-ring (bicyclic) bond motifs is 2. The van der Waals surface area contributed by atoms with E-state index in [0.29, 0.717) is 12.0 Å². The zero-order chi connectivity index (χ0) is 21.1. The second kappa shape index (κ2) is 10.8. The number of anilines is 2. The summed E-state index contributed by atoms with van der Waals surface area (Å²) in [6, 6.07) is 15.1. The van der Waals surface area contributed by atoms with E-state index < -0.39 is 0 Å². The average Bonchev–Trinajstić information content (AvgIpc) is 3.24. The third kappa shape index (κ3) is 5.57. The van der Waals surface area contributed by atoms with Crippen molar-refractivity contribution in [1.82, 2.24) is 10.2 Å². The Bertz CT molecular complexity index is 898. The first-order chi connectivity index (χ1) is 14.5. The topological polar surface area (TPSA) is 35.6 Å². The van der Waals surface area contributed by atoms with Gasteiger partial charge in [-0.1, -0.05) is 37.7 Å². The van der Waals surface area contributed by atoms with Gasteiger partial charge in [0.25, 0.3) is 5.91 Å². The van der Waals surface area contributed by atoms with Gasteiger partial charge >= 0.3 is 0 Å². The van der Waals surface area contributed by atoms with Crippen molar-refractivity contribution in [3.63, 3.8) is 0 Å². The minimum absolute atomic E-state index is 0. The number of hydrogen-bond acceptors (Lipinski definition) is 4. The van der Waals surface area contributed by atoms with Gasteiger partial charge in [-0.3, -0.25) is 4.79 Å². The number of carbonyl (C=O) groups excluding carboxylic acids is 1. The highest BCUT2D eigenvalue weighted by molar-refractivity contribution is 7.99. The lowest BCUT2D eigenvalue weighted by Crippen LogP contribution is -2.40. The number of rotatable bonds is 7. The number of nitrogens with one attached hydrogen (secondary N) is 1. The Morgan fingerprint density at radius 2 is 1.74 bits per heavy atom. The number of para-hydroxylation sites is 1. The van der Waals surface area contributed by atoms with Crippen LogP contribution in [0, 0.1) is 5.92 Å². The summed E-state index contributed by atoms with van der Waals surface area (Å²) >= 11 is 1.80. The third-order valence-corrected chi connectivity index (χ3v) is 7.12. The van der Waals surface area contributed by atoms with E-state index >= 15 is 0 Å². The summed E-state index contributed by atoms with van der Waals surface area (Å²) in [7, 11) is 0. The Hall–Kier alpha value is -1.69. The van der Waals surface area contributed by atoms with E-state index in [4.69, 9.17) is 0 Å². The number of carbonyl (C=O) groups is 1. The highest BCUT2D eigenvalue weighted by Crippen LogP contribution is 2.49. The Labute approximate surface area is 197 Å². The fraction of sp³-hybridized carbons (Fsp3) is 0.480. The molecule has 2 aliphatic rings. The number of benzene rings is 2. The smallest absolute Gasteiger partial charge is 0.251 e. The van der Waals surface area contributed by atoms with Crippen LogP contribution < -0.4 is 10.2 Å². The van der Waals surface area contributed by atoms with Crippen molar-refractivity contribution in [1.29, 1.82) is 0 Å². The molecule has 1 saturated heterocycles. The molecule has 0 saturated carbocycles. The molecule has 1 fully saturated rings. The van der Waals surface area contributed by atoms with Gasteiger partial charge in [-0.2, -0.15) is 0 Å². The van der Waals surface area contributed by atoms with E-state index in [0.717, 1.165) is 30.8 Å². The maximum atomic E-state index is 12.8. The fourth-order valence-electron chi connectivity index (χ4n) is 4.40. The van der Waals surface area contributed by atoms with E-state index in [2.05, 4.69) is 72.3 Å². The second-order valence-electron chi connectivity index (χ2n) is 8.92. The van der Waals surface area contributed by atoms with Crippen LogP contribution in [-0.4, -0.2) is 43.0 Å². The minimum Gasteiger partial charge on any atom is -0.352 e. The molecule has 2 heterocycles. The molecule has 31 heavy (non-hydrogen) atoms. The van der Waals surface area contributed by atoms with Crippen LogP contribution in [-0.2, 0) is 0 Å². The highest BCUT2D eigenvalue weighted by Gasteiger charge is 2.29. The predicted octanol–water partition coefficient (Wildman–Crippen LogP) is 5.97. The monoisotopic (exact) mass is 459 g/mol. The van der Waals surface area contributed by atoms with Crippen molar-refractivity contribution in [3.8, 4) is 0 Å². The Morgan fingerprint density at radius 1 is 1.03 bits per heavy atom. The SMILES string of the molecule is CC(C)CCNC(=O)c1ccc2c(c1)N(C(C)CN1CCCC1)c1ccccc1S2.Cl. The number of hydrogen-bond donors (Lipinski definition) is 1. The first kappa shape index (κ1) is 24.0. The van der Waals surface area contributed by atoms with Crippen LogP contribution in [0.4, 0.5) is 11.4 Å². The Morgan fingerprint density at radius 3 is 2.48 bits per heavy atom. The molecular weight excluding hydrogens is 426 g/mol. The van der Waals surface area contributed by atoms with Gasteiger partial charge in [-0.25, -0.2) is 0 Å². The lowest BCUT2D eigenvalue weighted by atomic mass is 10.1. The molecular formula is C25H34ClN3OS. The van der Waals surface area contributed by atoms with Crippen LogP contribution >= 0.6 is 24.2 Å². The molecule has 0 aliphatic carbocycles. The van der Waals surface area contributed by atoms with Gasteiger partial charge in [0.2, 0.25) is 0 Å². The van der Waals surface area contributed by atoms with Gasteiger partial charge < -0.3 is 15.1 Å². The van der Waals surface area contributed by atoms with E-state index in [9.17, 15) is 4.79 Å². The van der Waals surface area contributed by atoms with Crippen LogP contribution in [0.25, 0.3) is 0 Å². The van der Waals surface area contributed by atoms with Crippen molar-refractivity contribution >= 4 is 41.5 Å². The van der Waals surface area contributed by atoms with Crippen LogP contribution in [0.2, 0.25) is 0 Å². The van der Waals surface area contributed by atoms with Gasteiger partial charge in [-0.15, -0.1) is 12.4 Å². The fourth-order valence-corrected chi connectivity index (χ4v) is 5.45. The van der Waals surface area contributed by atoms with Crippen molar-refractivity contribution in [2.75, 3.05) is 31.1 Å². The molecule has 0 aromatic heterocycles. The molecule has 0 radical (unpaired) electrons. The molecule has 1 atom stereocenters. The van der Waals surface area contributed by atoms with E-state index in [1.54, 1.807) is 11.8 Å². The van der Waals surface area contributed by atoms with E-state index in [-0.39, 0.29) is 18.3 Å². The molecule has 4 rings (SSSR count). The maximum Gasteiger partial charge on any atom is 0.251 e. The zero-order valence-electron chi connectivity index (χ0n) is 18.8. The van der Waals surface area contributed by atoms with Gasteiger partial charge in [0.1, 0.15) is 0 Å². The van der Waals surface area contributed by atoms with E-state index in [1.807, 2.05) is 6.07 Å². The van der Waals surface area contributed by atoms with Crippen LogP contribution in [0.5, 0.6) is 0 Å². The third-order valence-electron chi connectivity index (χ3n) is 5.99. The number of amides is 1. The highest BCUT2D eigenvalue weighted by atomic mass is 35.5. The maximum absolute atomic E-state index is 12.8. The summed E-state index contributed by atoms with van der Waals surface area (Å²) in [5.41, 5.74) is 3.15. The summed E-state index contributed by atoms with van der Waals surface area (Å²) in [6.07, 6.45) is 3.60. The van der Waals surface area contributed by atoms with Gasteiger partial charge in [-0.05, 0) is 75.5 Å². The quantitative estimate of drug-likeness (QED) is 0.553. The molecule has 2 aromatic carbocycles. The number of halogens is 1. The Balaban J connectivity index is 0.00000272. The largest absolute Gasteiger partial charge is 0.352 e. The molecule has 2 aromatic rings. The van der Waals surface area contributed by atoms with Gasteiger partial charge in [0, 0.05) is 34.5 Å². The summed E-state index contributed by atoms with van der Waals surface area (Å²) < 4.78 is 0. The normalized spacial score (nSPS) is 16.5. The summed E-state index contributed by atoms with van der Waals surface area (Å²) in [6.45, 7) is 10.8. The second-order valence-corrected chi connectivity index (χ2v) is 10.0. The van der Waals surface area contributed by atoms with Crippen molar-refractivity contribution in [3.05, 3.63) is 48.0 Å². The van der Waals surface area contributed by atoms with Gasteiger partial charge in [0.05, 0.1) is 11.4 Å². The molecule has 2 aliphatic heterocycles. The van der Waals surface area contributed by atoms with Crippen molar-refractivity contribution in [2.45, 2.75) is 55.9 Å². The summed E-state index contributed by atoms with van der Waals surface area (Å²) in [5.74, 6) is 0.609. The molecule has 0 spiro atoms. The van der Waals surface area contributed by atoms with E-state index in [1.165, 1.54) is 41.4 Å². The first-order valence-electron chi connectivity index (χ1n) is 11.2. The van der Waals surface area contributed by atoms with Crippen LogP contribution in [0.15, 0.2) is 52.3 Å². The standard InChI is InChI=1S/C25H33N3OS.ClH/c1-18(2)12-13-26-25(29)20-10-11-24-22(16-20)28(19(3)17-27-14-6-7-15-27)21-8-4-5-9-23(21)30-24;/h4-5,8-11,16,18-19H,6-7,12-15,17H2,1-3H3,(H,26,29);1H. The molecule has 1 N–H and O–H groups in total. The lowest BCUT2D eigenvalue weighted by Gasteiger charge is -2.39. The zero-order valence-corrected chi connectivity index (χ0v) is 20.4. The lowest BCUT2D eigenvalue weighted by molar-refractivity contribution is 0.0952. The van der Waals surface area contributed by atoms with Gasteiger partial charge in [0.15, 0.2) is 0 Å². The average molecular weight is 460 g/mol. The Kier molecular flexibility index (Phi) is 8.31. The minimum atomic E-state index is 0.